The fraction of sp³-hybridized carbons (Fsp3) is 0.500. The standard InChI is InChI=1S/C8H14N2O3/c1-13-8(12)4-6-10-5-2-3-7(9)11/h4,6,10H,2-3,5H2,1H3,(H2,9,11)/b6-4+. The molecule has 0 aromatic carbocycles. The number of esters is 1. The minimum absolute atomic E-state index is 0.321. The summed E-state index contributed by atoms with van der Waals surface area (Å²) in [5.41, 5.74) is 4.92. The van der Waals surface area contributed by atoms with Crippen molar-refractivity contribution in [3.63, 3.8) is 0 Å². The number of primary amides is 1. The second-order valence-electron chi connectivity index (χ2n) is 2.38. The van der Waals surface area contributed by atoms with Gasteiger partial charge in [0.15, 0.2) is 0 Å². The maximum Gasteiger partial charge on any atom is 0.331 e. The van der Waals surface area contributed by atoms with Crippen LogP contribution in [0.2, 0.25) is 0 Å². The summed E-state index contributed by atoms with van der Waals surface area (Å²) in [5.74, 6) is -0.735. The lowest BCUT2D eigenvalue weighted by molar-refractivity contribution is -0.134. The summed E-state index contributed by atoms with van der Waals surface area (Å²) < 4.78 is 4.36. The van der Waals surface area contributed by atoms with Crippen molar-refractivity contribution in [2.45, 2.75) is 12.8 Å². The van der Waals surface area contributed by atoms with Crippen LogP contribution in [0.5, 0.6) is 0 Å². The Morgan fingerprint density at radius 1 is 1.54 bits per heavy atom. The monoisotopic (exact) mass is 186 g/mol. The van der Waals surface area contributed by atoms with E-state index >= 15 is 0 Å². The zero-order chi connectivity index (χ0) is 10.1. The summed E-state index contributed by atoms with van der Waals surface area (Å²) in [6, 6.07) is 0. The first-order valence-electron chi connectivity index (χ1n) is 3.93. The number of hydrogen-bond donors (Lipinski definition) is 2. The van der Waals surface area contributed by atoms with Crippen LogP contribution in [0.4, 0.5) is 0 Å². The van der Waals surface area contributed by atoms with Gasteiger partial charge in [-0.15, -0.1) is 0 Å². The van der Waals surface area contributed by atoms with Crippen molar-refractivity contribution in [1.29, 1.82) is 0 Å². The van der Waals surface area contributed by atoms with E-state index < -0.39 is 5.97 Å². The van der Waals surface area contributed by atoms with Crippen LogP contribution in [-0.4, -0.2) is 25.5 Å². The van der Waals surface area contributed by atoms with Crippen LogP contribution in [0.25, 0.3) is 0 Å². The predicted molar refractivity (Wildman–Crippen MR) is 47.6 cm³/mol. The Kier molecular flexibility index (Phi) is 6.31. The van der Waals surface area contributed by atoms with Gasteiger partial charge in [0.25, 0.3) is 0 Å². The molecule has 0 saturated carbocycles. The quantitative estimate of drug-likeness (QED) is 0.334. The molecular formula is C8H14N2O3. The normalized spacial score (nSPS) is 9.92. The van der Waals surface area contributed by atoms with Gasteiger partial charge in [0, 0.05) is 25.2 Å². The molecule has 0 aliphatic rings. The van der Waals surface area contributed by atoms with Crippen LogP contribution in [0, 0.1) is 0 Å². The molecule has 13 heavy (non-hydrogen) atoms. The molecule has 0 radical (unpaired) electrons. The third kappa shape index (κ3) is 8.39. The van der Waals surface area contributed by atoms with Crippen LogP contribution >= 0.6 is 0 Å². The van der Waals surface area contributed by atoms with E-state index in [9.17, 15) is 9.59 Å². The molecule has 0 heterocycles. The van der Waals surface area contributed by atoms with E-state index in [4.69, 9.17) is 5.73 Å². The summed E-state index contributed by atoms with van der Waals surface area (Å²) in [6.45, 7) is 0.608. The van der Waals surface area contributed by atoms with E-state index in [1.807, 2.05) is 0 Å². The number of carbonyl (C=O) groups excluding carboxylic acids is 2. The third-order valence-electron chi connectivity index (χ3n) is 1.28. The SMILES string of the molecule is COC(=O)/C=C/NCCCC(N)=O. The number of rotatable bonds is 6. The number of hydrogen-bond acceptors (Lipinski definition) is 4. The van der Waals surface area contributed by atoms with Gasteiger partial charge in [-0.05, 0) is 6.42 Å². The number of amides is 1. The first-order valence-corrected chi connectivity index (χ1v) is 3.93. The first kappa shape index (κ1) is 11.5. The maximum absolute atomic E-state index is 10.5. The van der Waals surface area contributed by atoms with Crippen molar-refractivity contribution in [3.8, 4) is 0 Å². The maximum atomic E-state index is 10.5. The van der Waals surface area contributed by atoms with Gasteiger partial charge in [0.2, 0.25) is 5.91 Å². The fourth-order valence-electron chi connectivity index (χ4n) is 0.643. The molecule has 0 spiro atoms. The zero-order valence-electron chi connectivity index (χ0n) is 7.58. The van der Waals surface area contributed by atoms with Gasteiger partial charge in [0.05, 0.1) is 7.11 Å². The topological polar surface area (TPSA) is 81.4 Å². The minimum atomic E-state index is -0.414. The van der Waals surface area contributed by atoms with Crippen molar-refractivity contribution in [1.82, 2.24) is 5.32 Å². The van der Waals surface area contributed by atoms with Crippen LogP contribution in [0.1, 0.15) is 12.8 Å². The van der Waals surface area contributed by atoms with Crippen LogP contribution in [0.3, 0.4) is 0 Å². The van der Waals surface area contributed by atoms with Crippen LogP contribution < -0.4 is 11.1 Å². The molecule has 3 N–H and O–H groups in total. The molecule has 0 rings (SSSR count). The van der Waals surface area contributed by atoms with Crippen molar-refractivity contribution in [2.24, 2.45) is 5.73 Å². The Morgan fingerprint density at radius 3 is 2.77 bits per heavy atom. The van der Waals surface area contributed by atoms with Gasteiger partial charge < -0.3 is 15.8 Å². The second kappa shape index (κ2) is 7.15. The van der Waals surface area contributed by atoms with Gasteiger partial charge >= 0.3 is 5.97 Å². The van der Waals surface area contributed by atoms with Crippen molar-refractivity contribution in [3.05, 3.63) is 12.3 Å². The summed E-state index contributed by atoms with van der Waals surface area (Å²) in [4.78, 5) is 20.8. The molecular weight excluding hydrogens is 172 g/mol. The van der Waals surface area contributed by atoms with Crippen molar-refractivity contribution in [2.75, 3.05) is 13.7 Å². The molecule has 0 fully saturated rings. The molecule has 0 unspecified atom stereocenters. The van der Waals surface area contributed by atoms with Gasteiger partial charge in [-0.3, -0.25) is 4.79 Å². The molecule has 1 amide bonds. The lowest BCUT2D eigenvalue weighted by Crippen LogP contribution is -2.14. The number of nitrogens with one attached hydrogen (secondary N) is 1. The van der Waals surface area contributed by atoms with Gasteiger partial charge in [0.1, 0.15) is 0 Å². The van der Waals surface area contributed by atoms with Gasteiger partial charge in [-0.1, -0.05) is 0 Å². The lowest BCUT2D eigenvalue weighted by atomic mass is 10.3. The lowest BCUT2D eigenvalue weighted by Gasteiger charge is -1.97. The summed E-state index contributed by atoms with van der Waals surface area (Å²) in [7, 11) is 1.31. The Morgan fingerprint density at radius 2 is 2.23 bits per heavy atom. The van der Waals surface area contributed by atoms with E-state index in [0.717, 1.165) is 0 Å². The average Bonchev–Trinajstić information content (AvgIpc) is 2.10. The smallest absolute Gasteiger partial charge is 0.331 e. The Bertz CT molecular complexity index is 202. The van der Waals surface area contributed by atoms with E-state index in [1.54, 1.807) is 0 Å². The number of nitrogens with two attached hydrogens (primary N) is 1. The van der Waals surface area contributed by atoms with Crippen LogP contribution in [0.15, 0.2) is 12.3 Å². The van der Waals surface area contributed by atoms with Crippen molar-refractivity contribution >= 4 is 11.9 Å². The summed E-state index contributed by atoms with van der Waals surface area (Å²) >= 11 is 0. The highest BCUT2D eigenvalue weighted by molar-refractivity contribution is 5.81. The molecule has 0 atom stereocenters. The Balaban J connectivity index is 3.30. The summed E-state index contributed by atoms with van der Waals surface area (Å²) in [5, 5.41) is 2.82. The molecule has 0 aromatic rings. The van der Waals surface area contributed by atoms with E-state index in [2.05, 4.69) is 10.1 Å². The zero-order valence-corrected chi connectivity index (χ0v) is 7.58. The molecule has 0 bridgehead atoms. The molecule has 0 aromatic heterocycles. The fourth-order valence-corrected chi connectivity index (χ4v) is 0.643. The number of methoxy groups -OCH3 is 1. The van der Waals surface area contributed by atoms with Gasteiger partial charge in [-0.2, -0.15) is 0 Å². The highest BCUT2D eigenvalue weighted by atomic mass is 16.5. The Labute approximate surface area is 76.9 Å². The number of ether oxygens (including phenoxy) is 1. The van der Waals surface area contributed by atoms with Crippen molar-refractivity contribution < 1.29 is 14.3 Å². The number of carbonyl (C=O) groups is 2. The molecule has 5 nitrogen and oxygen atoms in total. The van der Waals surface area contributed by atoms with E-state index in [1.165, 1.54) is 19.4 Å². The highest BCUT2D eigenvalue weighted by Crippen LogP contribution is 1.84. The first-order chi connectivity index (χ1) is 6.16. The molecule has 0 aliphatic heterocycles. The molecule has 0 saturated heterocycles. The minimum Gasteiger partial charge on any atom is -0.466 e. The largest absolute Gasteiger partial charge is 0.466 e. The molecule has 0 aliphatic carbocycles. The third-order valence-corrected chi connectivity index (χ3v) is 1.28. The summed E-state index contributed by atoms with van der Waals surface area (Å²) in [6.07, 6.45) is 3.75. The Hall–Kier alpha value is -1.52. The predicted octanol–water partition coefficient (Wildman–Crippen LogP) is -0.472. The second-order valence-corrected chi connectivity index (χ2v) is 2.38. The van der Waals surface area contributed by atoms with E-state index in [0.29, 0.717) is 19.4 Å². The average molecular weight is 186 g/mol. The molecule has 74 valence electrons. The van der Waals surface area contributed by atoms with Gasteiger partial charge in [-0.25, -0.2) is 4.79 Å². The molecule has 5 heteroatoms. The highest BCUT2D eigenvalue weighted by Gasteiger charge is 1.92. The van der Waals surface area contributed by atoms with E-state index in [-0.39, 0.29) is 5.91 Å². The van der Waals surface area contributed by atoms with Crippen LogP contribution in [-0.2, 0) is 14.3 Å².